The topological polar surface area (TPSA) is 67.6 Å². The quantitative estimate of drug-likeness (QED) is 0.816. The third-order valence-corrected chi connectivity index (χ3v) is 2.40. The number of halogens is 1. The number of nitrogens with one attached hydrogen (secondary N) is 1. The van der Waals surface area contributed by atoms with Gasteiger partial charge in [-0.2, -0.15) is 5.10 Å². The van der Waals surface area contributed by atoms with Crippen molar-refractivity contribution in [3.05, 3.63) is 29.8 Å². The van der Waals surface area contributed by atoms with Gasteiger partial charge in [0.2, 0.25) is 0 Å². The summed E-state index contributed by atoms with van der Waals surface area (Å²) in [5.41, 5.74) is 8.05. The van der Waals surface area contributed by atoms with Gasteiger partial charge in [0.05, 0.1) is 11.9 Å². The predicted octanol–water partition coefficient (Wildman–Crippen LogP) is 2.32. The van der Waals surface area contributed by atoms with Crippen LogP contribution in [0.5, 0.6) is 0 Å². The SMILES string of the molecule is CC(C)c1c(N)n[nH]c1-c1cncc(F)c1. The predicted molar refractivity (Wildman–Crippen MR) is 60.3 cm³/mol. The third kappa shape index (κ3) is 1.76. The van der Waals surface area contributed by atoms with E-state index < -0.39 is 0 Å². The molecule has 0 atom stereocenters. The zero-order valence-electron chi connectivity index (χ0n) is 9.16. The van der Waals surface area contributed by atoms with E-state index in [2.05, 4.69) is 15.2 Å². The first-order valence-electron chi connectivity index (χ1n) is 5.04. The van der Waals surface area contributed by atoms with Gasteiger partial charge in [0.15, 0.2) is 0 Å². The van der Waals surface area contributed by atoms with Gasteiger partial charge in [-0.3, -0.25) is 10.1 Å². The van der Waals surface area contributed by atoms with Crippen LogP contribution in [0.25, 0.3) is 11.3 Å². The fraction of sp³-hybridized carbons (Fsp3) is 0.273. The average molecular weight is 220 g/mol. The second kappa shape index (κ2) is 3.92. The van der Waals surface area contributed by atoms with Crippen LogP contribution in [0.15, 0.2) is 18.5 Å². The average Bonchev–Trinajstić information content (AvgIpc) is 2.60. The maximum absolute atomic E-state index is 13.1. The zero-order chi connectivity index (χ0) is 11.7. The van der Waals surface area contributed by atoms with Crippen molar-refractivity contribution in [3.8, 4) is 11.3 Å². The fourth-order valence-electron chi connectivity index (χ4n) is 1.72. The summed E-state index contributed by atoms with van der Waals surface area (Å²) >= 11 is 0. The van der Waals surface area contributed by atoms with E-state index >= 15 is 0 Å². The number of aromatic amines is 1. The Morgan fingerprint density at radius 1 is 1.38 bits per heavy atom. The minimum absolute atomic E-state index is 0.219. The molecule has 3 N–H and O–H groups in total. The fourth-order valence-corrected chi connectivity index (χ4v) is 1.72. The monoisotopic (exact) mass is 220 g/mol. The summed E-state index contributed by atoms with van der Waals surface area (Å²) in [5.74, 6) is 0.298. The van der Waals surface area contributed by atoms with Crippen LogP contribution in [0, 0.1) is 5.82 Å². The van der Waals surface area contributed by atoms with Gasteiger partial charge in [-0.15, -0.1) is 0 Å². The first kappa shape index (κ1) is 10.6. The van der Waals surface area contributed by atoms with E-state index in [1.165, 1.54) is 6.07 Å². The molecule has 0 aliphatic carbocycles. The van der Waals surface area contributed by atoms with Crippen LogP contribution in [-0.4, -0.2) is 15.2 Å². The lowest BCUT2D eigenvalue weighted by Gasteiger charge is -2.06. The van der Waals surface area contributed by atoms with Gasteiger partial charge in [0.1, 0.15) is 11.6 Å². The zero-order valence-corrected chi connectivity index (χ0v) is 9.16. The highest BCUT2D eigenvalue weighted by molar-refractivity contribution is 5.68. The first-order valence-corrected chi connectivity index (χ1v) is 5.04. The van der Waals surface area contributed by atoms with Crippen LogP contribution in [0.1, 0.15) is 25.3 Å². The molecule has 0 aromatic carbocycles. The summed E-state index contributed by atoms with van der Waals surface area (Å²) in [5, 5.41) is 6.76. The normalized spacial score (nSPS) is 11.0. The van der Waals surface area contributed by atoms with Crippen molar-refractivity contribution in [3.63, 3.8) is 0 Å². The summed E-state index contributed by atoms with van der Waals surface area (Å²) < 4.78 is 13.1. The molecule has 4 nitrogen and oxygen atoms in total. The van der Waals surface area contributed by atoms with E-state index in [0.29, 0.717) is 11.4 Å². The highest BCUT2D eigenvalue weighted by Crippen LogP contribution is 2.30. The number of anilines is 1. The lowest BCUT2D eigenvalue weighted by molar-refractivity contribution is 0.622. The Kier molecular flexibility index (Phi) is 2.60. The number of rotatable bonds is 2. The molecule has 0 bridgehead atoms. The van der Waals surface area contributed by atoms with E-state index in [1.54, 1.807) is 6.20 Å². The molecule has 2 heterocycles. The Balaban J connectivity index is 2.56. The van der Waals surface area contributed by atoms with E-state index in [4.69, 9.17) is 5.73 Å². The van der Waals surface area contributed by atoms with Crippen molar-refractivity contribution in [2.24, 2.45) is 0 Å². The van der Waals surface area contributed by atoms with Gasteiger partial charge < -0.3 is 5.73 Å². The Bertz CT molecular complexity index is 504. The van der Waals surface area contributed by atoms with Crippen LogP contribution in [0.4, 0.5) is 10.2 Å². The molecule has 0 aliphatic rings. The number of nitrogens with two attached hydrogens (primary N) is 1. The second-order valence-corrected chi connectivity index (χ2v) is 3.94. The van der Waals surface area contributed by atoms with Crippen molar-refractivity contribution >= 4 is 5.82 Å². The molecular formula is C11H13FN4. The van der Waals surface area contributed by atoms with Crippen molar-refractivity contribution < 1.29 is 4.39 Å². The van der Waals surface area contributed by atoms with Crippen LogP contribution in [-0.2, 0) is 0 Å². The van der Waals surface area contributed by atoms with Crippen molar-refractivity contribution in [2.45, 2.75) is 19.8 Å². The largest absolute Gasteiger partial charge is 0.382 e. The maximum atomic E-state index is 13.1. The molecule has 16 heavy (non-hydrogen) atoms. The van der Waals surface area contributed by atoms with E-state index in [9.17, 15) is 4.39 Å². The number of hydrogen-bond acceptors (Lipinski definition) is 3. The number of nitrogens with zero attached hydrogens (tertiary/aromatic N) is 2. The van der Waals surface area contributed by atoms with E-state index in [0.717, 1.165) is 17.5 Å². The molecule has 0 aliphatic heterocycles. The number of aromatic nitrogens is 3. The number of H-pyrrole nitrogens is 1. The molecule has 0 unspecified atom stereocenters. The highest BCUT2D eigenvalue weighted by atomic mass is 19.1. The molecule has 0 fully saturated rings. The molecule has 84 valence electrons. The van der Waals surface area contributed by atoms with Gasteiger partial charge in [0, 0.05) is 17.3 Å². The minimum Gasteiger partial charge on any atom is -0.382 e. The van der Waals surface area contributed by atoms with Crippen LogP contribution in [0.2, 0.25) is 0 Å². The smallest absolute Gasteiger partial charge is 0.149 e. The van der Waals surface area contributed by atoms with Gasteiger partial charge in [-0.1, -0.05) is 13.8 Å². The summed E-state index contributed by atoms with van der Waals surface area (Å²) in [4.78, 5) is 3.81. The third-order valence-electron chi connectivity index (χ3n) is 2.40. The number of hydrogen-bond donors (Lipinski definition) is 2. The molecular weight excluding hydrogens is 207 g/mol. The molecule has 2 aromatic heterocycles. The van der Waals surface area contributed by atoms with Gasteiger partial charge >= 0.3 is 0 Å². The lowest BCUT2D eigenvalue weighted by Crippen LogP contribution is -1.95. The van der Waals surface area contributed by atoms with Gasteiger partial charge in [-0.25, -0.2) is 4.39 Å². The minimum atomic E-state index is -0.375. The Morgan fingerprint density at radius 2 is 2.12 bits per heavy atom. The Labute approximate surface area is 92.7 Å². The van der Waals surface area contributed by atoms with Crippen molar-refractivity contribution in [1.29, 1.82) is 0 Å². The molecule has 2 rings (SSSR count). The van der Waals surface area contributed by atoms with E-state index in [1.807, 2.05) is 13.8 Å². The standard InChI is InChI=1S/C11H13FN4/c1-6(2)9-10(15-16-11(9)13)7-3-8(12)5-14-4-7/h3-6H,1-2H3,(H3,13,15,16). The van der Waals surface area contributed by atoms with Crippen molar-refractivity contribution in [1.82, 2.24) is 15.2 Å². The summed E-state index contributed by atoms with van der Waals surface area (Å²) in [6.45, 7) is 4.02. The molecule has 0 amide bonds. The maximum Gasteiger partial charge on any atom is 0.149 e. The first-order chi connectivity index (χ1) is 7.59. The van der Waals surface area contributed by atoms with Crippen LogP contribution >= 0.6 is 0 Å². The number of nitrogen functional groups attached to an aromatic ring is 1. The second-order valence-electron chi connectivity index (χ2n) is 3.94. The van der Waals surface area contributed by atoms with Crippen molar-refractivity contribution in [2.75, 3.05) is 5.73 Å². The molecule has 0 radical (unpaired) electrons. The highest BCUT2D eigenvalue weighted by Gasteiger charge is 2.16. The molecule has 0 saturated carbocycles. The molecule has 0 spiro atoms. The van der Waals surface area contributed by atoms with Crippen LogP contribution < -0.4 is 5.73 Å². The summed E-state index contributed by atoms with van der Waals surface area (Å²) in [7, 11) is 0. The summed E-state index contributed by atoms with van der Waals surface area (Å²) in [6, 6.07) is 1.41. The summed E-state index contributed by atoms with van der Waals surface area (Å²) in [6.07, 6.45) is 2.75. The molecule has 5 heteroatoms. The lowest BCUT2D eigenvalue weighted by atomic mass is 9.99. The molecule has 2 aromatic rings. The van der Waals surface area contributed by atoms with E-state index in [-0.39, 0.29) is 11.7 Å². The number of pyridine rings is 1. The Morgan fingerprint density at radius 3 is 2.75 bits per heavy atom. The van der Waals surface area contributed by atoms with Gasteiger partial charge in [0.25, 0.3) is 0 Å². The Hall–Kier alpha value is -1.91. The van der Waals surface area contributed by atoms with Gasteiger partial charge in [-0.05, 0) is 12.0 Å². The molecule has 0 saturated heterocycles. The van der Waals surface area contributed by atoms with Crippen LogP contribution in [0.3, 0.4) is 0 Å².